The van der Waals surface area contributed by atoms with Gasteiger partial charge in [-0.3, -0.25) is 0 Å². The zero-order valence-electron chi connectivity index (χ0n) is 10.8. The fourth-order valence-corrected chi connectivity index (χ4v) is 5.60. The molecule has 3 rings (SSSR count). The molecule has 1 aliphatic heterocycles. The van der Waals surface area contributed by atoms with Gasteiger partial charge in [-0.15, -0.1) is 0 Å². The van der Waals surface area contributed by atoms with Crippen LogP contribution in [-0.4, -0.2) is 14.2 Å². The molecule has 1 unspecified atom stereocenters. The molecule has 0 saturated heterocycles. The van der Waals surface area contributed by atoms with Crippen molar-refractivity contribution in [2.75, 3.05) is 5.75 Å². The molecule has 1 aromatic rings. The predicted octanol–water partition coefficient (Wildman–Crippen LogP) is 3.03. The maximum Gasteiger partial charge on any atom is 0.179 e. The molecule has 1 heterocycles. The Morgan fingerprint density at radius 1 is 1.16 bits per heavy atom. The highest BCUT2D eigenvalue weighted by molar-refractivity contribution is 7.91. The largest absolute Gasteiger partial charge is 0.224 e. The summed E-state index contributed by atoms with van der Waals surface area (Å²) in [6.45, 7) is 0. The van der Waals surface area contributed by atoms with E-state index in [2.05, 4.69) is 6.07 Å². The van der Waals surface area contributed by atoms with E-state index in [-0.39, 0.29) is 11.7 Å². The lowest BCUT2D eigenvalue weighted by molar-refractivity contribution is 0.228. The second kappa shape index (κ2) is 4.35. The molecule has 19 heavy (non-hydrogen) atoms. The van der Waals surface area contributed by atoms with Crippen molar-refractivity contribution in [3.8, 4) is 6.07 Å². The third-order valence-corrected chi connectivity index (χ3v) is 6.47. The van der Waals surface area contributed by atoms with E-state index in [9.17, 15) is 13.7 Å². The standard InChI is InChI=1S/C15H17NO2S/c16-11-15(8-4-1-5-9-15)13-10-19(17,18)14-7-3-2-6-12(13)14/h2-3,6-7,13H,1,4-5,8-10H2. The Morgan fingerprint density at radius 2 is 1.84 bits per heavy atom. The number of nitrogens with zero attached hydrogens (tertiary/aromatic N) is 1. The van der Waals surface area contributed by atoms with E-state index in [0.717, 1.165) is 37.7 Å². The van der Waals surface area contributed by atoms with Gasteiger partial charge in [0.15, 0.2) is 9.84 Å². The molecule has 0 spiro atoms. The first-order valence-electron chi connectivity index (χ1n) is 6.82. The molecule has 1 aliphatic carbocycles. The molecule has 1 fully saturated rings. The van der Waals surface area contributed by atoms with Crippen LogP contribution in [0.1, 0.15) is 43.6 Å². The number of nitriles is 1. The molecule has 1 atom stereocenters. The number of hydrogen-bond acceptors (Lipinski definition) is 3. The molecule has 0 N–H and O–H groups in total. The van der Waals surface area contributed by atoms with Gasteiger partial charge in [0, 0.05) is 5.92 Å². The van der Waals surface area contributed by atoms with Crippen molar-refractivity contribution in [2.45, 2.75) is 42.9 Å². The third kappa shape index (κ3) is 1.88. The molecule has 0 bridgehead atoms. The second-order valence-electron chi connectivity index (χ2n) is 5.70. The number of sulfone groups is 1. The van der Waals surface area contributed by atoms with Gasteiger partial charge in [0.05, 0.1) is 22.1 Å². The van der Waals surface area contributed by atoms with Crippen LogP contribution >= 0.6 is 0 Å². The van der Waals surface area contributed by atoms with E-state index in [1.54, 1.807) is 12.1 Å². The Bertz CT molecular complexity index is 636. The quantitative estimate of drug-likeness (QED) is 0.791. The first-order chi connectivity index (χ1) is 9.09. The average molecular weight is 275 g/mol. The van der Waals surface area contributed by atoms with Gasteiger partial charge in [0.2, 0.25) is 0 Å². The molecule has 100 valence electrons. The second-order valence-corrected chi connectivity index (χ2v) is 7.70. The van der Waals surface area contributed by atoms with Crippen LogP contribution in [0.15, 0.2) is 29.2 Å². The van der Waals surface area contributed by atoms with Crippen molar-refractivity contribution in [1.29, 1.82) is 5.26 Å². The van der Waals surface area contributed by atoms with E-state index >= 15 is 0 Å². The van der Waals surface area contributed by atoms with Crippen LogP contribution in [0.5, 0.6) is 0 Å². The first kappa shape index (κ1) is 12.7. The van der Waals surface area contributed by atoms with Crippen molar-refractivity contribution in [2.24, 2.45) is 5.41 Å². The summed E-state index contributed by atoms with van der Waals surface area (Å²) in [5, 5.41) is 9.65. The zero-order valence-corrected chi connectivity index (χ0v) is 11.6. The van der Waals surface area contributed by atoms with Crippen molar-refractivity contribution < 1.29 is 8.42 Å². The highest BCUT2D eigenvalue weighted by Gasteiger charge is 2.48. The minimum atomic E-state index is -3.20. The highest BCUT2D eigenvalue weighted by Crippen LogP contribution is 2.52. The van der Waals surface area contributed by atoms with Crippen molar-refractivity contribution >= 4 is 9.84 Å². The highest BCUT2D eigenvalue weighted by atomic mass is 32.2. The van der Waals surface area contributed by atoms with E-state index < -0.39 is 15.3 Å². The maximum absolute atomic E-state index is 12.3. The van der Waals surface area contributed by atoms with Crippen LogP contribution in [0.3, 0.4) is 0 Å². The molecular formula is C15H17NO2S. The summed E-state index contributed by atoms with van der Waals surface area (Å²) in [5.74, 6) is -0.0288. The number of benzene rings is 1. The van der Waals surface area contributed by atoms with Gasteiger partial charge in [-0.1, -0.05) is 37.5 Å². The molecule has 4 heteroatoms. The summed E-state index contributed by atoms with van der Waals surface area (Å²) in [5.41, 5.74) is 0.392. The summed E-state index contributed by atoms with van der Waals surface area (Å²) < 4.78 is 24.5. The van der Waals surface area contributed by atoms with Gasteiger partial charge in [0.25, 0.3) is 0 Å². The lowest BCUT2D eigenvalue weighted by Gasteiger charge is -2.35. The summed E-state index contributed by atoms with van der Waals surface area (Å²) in [4.78, 5) is 0.445. The molecule has 0 aromatic heterocycles. The minimum Gasteiger partial charge on any atom is -0.224 e. The smallest absolute Gasteiger partial charge is 0.179 e. The summed E-state index contributed by atoms with van der Waals surface area (Å²) >= 11 is 0. The van der Waals surface area contributed by atoms with Gasteiger partial charge in [-0.25, -0.2) is 8.42 Å². The monoisotopic (exact) mass is 275 g/mol. The number of rotatable bonds is 1. The predicted molar refractivity (Wildman–Crippen MR) is 72.4 cm³/mol. The number of fused-ring (bicyclic) bond motifs is 1. The Morgan fingerprint density at radius 3 is 2.53 bits per heavy atom. The molecule has 1 aromatic carbocycles. The fourth-order valence-electron chi connectivity index (χ4n) is 3.63. The van der Waals surface area contributed by atoms with Crippen LogP contribution < -0.4 is 0 Å². The van der Waals surface area contributed by atoms with Crippen molar-refractivity contribution in [3.05, 3.63) is 29.8 Å². The molecule has 0 amide bonds. The molecular weight excluding hydrogens is 258 g/mol. The van der Waals surface area contributed by atoms with Crippen molar-refractivity contribution in [3.63, 3.8) is 0 Å². The third-order valence-electron chi connectivity index (χ3n) is 4.65. The van der Waals surface area contributed by atoms with Crippen LogP contribution in [0.25, 0.3) is 0 Å². The maximum atomic E-state index is 12.3. The lowest BCUT2D eigenvalue weighted by Crippen LogP contribution is -2.31. The van der Waals surface area contributed by atoms with Gasteiger partial charge in [-0.05, 0) is 24.5 Å². The summed E-state index contributed by atoms with van der Waals surface area (Å²) in [7, 11) is -3.20. The van der Waals surface area contributed by atoms with Crippen LogP contribution in [0, 0.1) is 16.7 Å². The fraction of sp³-hybridized carbons (Fsp3) is 0.533. The Hall–Kier alpha value is -1.34. The van der Waals surface area contributed by atoms with E-state index in [0.29, 0.717) is 4.90 Å². The van der Waals surface area contributed by atoms with Crippen LogP contribution in [0.2, 0.25) is 0 Å². The first-order valence-corrected chi connectivity index (χ1v) is 8.47. The normalized spacial score (nSPS) is 27.4. The minimum absolute atomic E-state index is 0.111. The average Bonchev–Trinajstić information content (AvgIpc) is 2.73. The van der Waals surface area contributed by atoms with Gasteiger partial charge in [0.1, 0.15) is 0 Å². The van der Waals surface area contributed by atoms with E-state index in [1.165, 1.54) is 0 Å². The zero-order chi connectivity index (χ0) is 13.5. The summed E-state index contributed by atoms with van der Waals surface area (Å²) in [6, 6.07) is 9.68. The van der Waals surface area contributed by atoms with Gasteiger partial charge >= 0.3 is 0 Å². The van der Waals surface area contributed by atoms with Crippen molar-refractivity contribution in [1.82, 2.24) is 0 Å². The van der Waals surface area contributed by atoms with Gasteiger partial charge in [-0.2, -0.15) is 5.26 Å². The Balaban J connectivity index is 2.11. The van der Waals surface area contributed by atoms with Crippen LogP contribution in [0.4, 0.5) is 0 Å². The van der Waals surface area contributed by atoms with E-state index in [1.807, 2.05) is 12.1 Å². The van der Waals surface area contributed by atoms with Gasteiger partial charge < -0.3 is 0 Å². The molecule has 3 nitrogen and oxygen atoms in total. The molecule has 1 saturated carbocycles. The summed E-state index contributed by atoms with van der Waals surface area (Å²) in [6.07, 6.45) is 4.89. The van der Waals surface area contributed by atoms with E-state index in [4.69, 9.17) is 0 Å². The van der Waals surface area contributed by atoms with Crippen LogP contribution in [-0.2, 0) is 9.84 Å². The number of hydrogen-bond donors (Lipinski definition) is 0. The Kier molecular flexibility index (Phi) is 2.90. The Labute approximate surface area is 114 Å². The lowest BCUT2D eigenvalue weighted by atomic mass is 9.65. The molecule has 2 aliphatic rings. The topological polar surface area (TPSA) is 57.9 Å². The molecule has 0 radical (unpaired) electrons. The SMILES string of the molecule is N#CC1(C2CS(=O)(=O)c3ccccc32)CCCCC1.